The predicted molar refractivity (Wildman–Crippen MR) is 59.8 cm³/mol. The molecule has 0 aromatic carbocycles. The van der Waals surface area contributed by atoms with Crippen molar-refractivity contribution < 1.29 is 5.11 Å². The summed E-state index contributed by atoms with van der Waals surface area (Å²) in [5.74, 6) is 0. The summed E-state index contributed by atoms with van der Waals surface area (Å²) in [4.78, 5) is 6.56. The average molecular weight is 227 g/mol. The second-order valence-corrected chi connectivity index (χ2v) is 4.41. The highest BCUT2D eigenvalue weighted by molar-refractivity contribution is 6.30. The number of piperidine rings is 1. The zero-order chi connectivity index (χ0) is 10.7. The van der Waals surface area contributed by atoms with Gasteiger partial charge in [-0.05, 0) is 25.0 Å². The number of aliphatic hydroxyl groups is 1. The summed E-state index contributed by atoms with van der Waals surface area (Å²) < 4.78 is 0. The van der Waals surface area contributed by atoms with Gasteiger partial charge in [-0.25, -0.2) is 0 Å². The molecule has 0 aliphatic carbocycles. The topological polar surface area (TPSA) is 36.4 Å². The first-order valence-electron chi connectivity index (χ1n) is 5.25. The molecule has 0 amide bonds. The molecule has 2 rings (SSSR count). The third kappa shape index (κ3) is 3.16. The van der Waals surface area contributed by atoms with Crippen molar-refractivity contribution in [2.75, 3.05) is 13.1 Å². The highest BCUT2D eigenvalue weighted by Gasteiger charge is 2.17. The van der Waals surface area contributed by atoms with Crippen LogP contribution < -0.4 is 0 Å². The van der Waals surface area contributed by atoms with Crippen LogP contribution in [0.4, 0.5) is 0 Å². The fourth-order valence-corrected chi connectivity index (χ4v) is 2.02. The largest absolute Gasteiger partial charge is 0.393 e. The van der Waals surface area contributed by atoms with E-state index in [9.17, 15) is 5.11 Å². The molecule has 0 bridgehead atoms. The highest BCUT2D eigenvalue weighted by atomic mass is 35.5. The lowest BCUT2D eigenvalue weighted by Crippen LogP contribution is -2.35. The van der Waals surface area contributed by atoms with E-state index < -0.39 is 0 Å². The van der Waals surface area contributed by atoms with E-state index in [2.05, 4.69) is 9.88 Å². The minimum Gasteiger partial charge on any atom is -0.393 e. The van der Waals surface area contributed by atoms with Crippen LogP contribution in [0.2, 0.25) is 5.02 Å². The van der Waals surface area contributed by atoms with Gasteiger partial charge in [0.1, 0.15) is 0 Å². The van der Waals surface area contributed by atoms with Gasteiger partial charge in [0.2, 0.25) is 0 Å². The molecule has 3 nitrogen and oxygen atoms in total. The van der Waals surface area contributed by atoms with Crippen LogP contribution in [0, 0.1) is 0 Å². The molecule has 0 spiro atoms. The van der Waals surface area contributed by atoms with E-state index in [0.717, 1.165) is 43.2 Å². The Kier molecular flexibility index (Phi) is 3.57. The highest BCUT2D eigenvalue weighted by Crippen LogP contribution is 2.14. The van der Waals surface area contributed by atoms with Crippen molar-refractivity contribution in [3.05, 3.63) is 29.0 Å². The molecule has 1 aliphatic heterocycles. The van der Waals surface area contributed by atoms with Gasteiger partial charge in [-0.15, -0.1) is 0 Å². The fraction of sp³-hybridized carbons (Fsp3) is 0.545. The number of rotatable bonds is 2. The number of hydrogen-bond acceptors (Lipinski definition) is 3. The first-order chi connectivity index (χ1) is 7.24. The molecule has 0 atom stereocenters. The van der Waals surface area contributed by atoms with Crippen LogP contribution >= 0.6 is 11.6 Å². The van der Waals surface area contributed by atoms with Crippen LogP contribution in [0.5, 0.6) is 0 Å². The third-order valence-electron chi connectivity index (χ3n) is 2.72. The monoisotopic (exact) mass is 226 g/mol. The number of halogens is 1. The number of pyridine rings is 1. The van der Waals surface area contributed by atoms with Crippen molar-refractivity contribution in [1.29, 1.82) is 0 Å². The maximum atomic E-state index is 9.37. The minimum absolute atomic E-state index is 0.117. The molecule has 1 aromatic heterocycles. The van der Waals surface area contributed by atoms with Gasteiger partial charge in [0, 0.05) is 30.9 Å². The normalized spacial score (nSPS) is 19.3. The maximum Gasteiger partial charge on any atom is 0.0564 e. The number of aromatic nitrogens is 1. The van der Waals surface area contributed by atoms with E-state index in [1.807, 2.05) is 6.07 Å². The van der Waals surface area contributed by atoms with Gasteiger partial charge in [-0.1, -0.05) is 11.6 Å². The molecule has 1 aromatic rings. The SMILES string of the molecule is OC1CCN(Cc2cc(Cl)ccn2)CC1. The quantitative estimate of drug-likeness (QED) is 0.834. The summed E-state index contributed by atoms with van der Waals surface area (Å²) in [6, 6.07) is 3.68. The number of nitrogens with zero attached hydrogens (tertiary/aromatic N) is 2. The summed E-state index contributed by atoms with van der Waals surface area (Å²) in [5, 5.41) is 10.1. The second-order valence-electron chi connectivity index (χ2n) is 3.97. The third-order valence-corrected chi connectivity index (χ3v) is 2.96. The van der Waals surface area contributed by atoms with Gasteiger partial charge in [0.25, 0.3) is 0 Å². The van der Waals surface area contributed by atoms with Gasteiger partial charge in [-0.3, -0.25) is 9.88 Å². The van der Waals surface area contributed by atoms with E-state index in [1.54, 1.807) is 12.3 Å². The zero-order valence-corrected chi connectivity index (χ0v) is 9.32. The first-order valence-corrected chi connectivity index (χ1v) is 5.63. The Bertz CT molecular complexity index is 324. The summed E-state index contributed by atoms with van der Waals surface area (Å²) >= 11 is 5.89. The molecule has 4 heteroatoms. The summed E-state index contributed by atoms with van der Waals surface area (Å²) in [6.45, 7) is 2.71. The van der Waals surface area contributed by atoms with Crippen LogP contribution in [0.25, 0.3) is 0 Å². The average Bonchev–Trinajstić information content (AvgIpc) is 2.22. The van der Waals surface area contributed by atoms with Gasteiger partial charge < -0.3 is 5.11 Å². The molecular formula is C11H15ClN2O. The Morgan fingerprint density at radius 2 is 2.20 bits per heavy atom. The van der Waals surface area contributed by atoms with Crippen LogP contribution in [0.15, 0.2) is 18.3 Å². The van der Waals surface area contributed by atoms with Gasteiger partial charge in [0.15, 0.2) is 0 Å². The molecule has 1 N–H and O–H groups in total. The molecular weight excluding hydrogens is 212 g/mol. The minimum atomic E-state index is -0.117. The van der Waals surface area contributed by atoms with Crippen molar-refractivity contribution in [2.24, 2.45) is 0 Å². The van der Waals surface area contributed by atoms with Gasteiger partial charge in [-0.2, -0.15) is 0 Å². The molecule has 0 radical (unpaired) electrons. The molecule has 0 unspecified atom stereocenters. The maximum absolute atomic E-state index is 9.37. The van der Waals surface area contributed by atoms with Crippen LogP contribution in [0.1, 0.15) is 18.5 Å². The van der Waals surface area contributed by atoms with Crippen LogP contribution in [-0.4, -0.2) is 34.2 Å². The van der Waals surface area contributed by atoms with Crippen molar-refractivity contribution in [2.45, 2.75) is 25.5 Å². The van der Waals surface area contributed by atoms with E-state index in [-0.39, 0.29) is 6.10 Å². The molecule has 1 saturated heterocycles. The first kappa shape index (κ1) is 10.9. The van der Waals surface area contributed by atoms with Gasteiger partial charge in [0.05, 0.1) is 11.8 Å². The molecule has 2 heterocycles. The fourth-order valence-electron chi connectivity index (χ4n) is 1.84. The Morgan fingerprint density at radius 3 is 2.87 bits per heavy atom. The van der Waals surface area contributed by atoms with Gasteiger partial charge >= 0.3 is 0 Å². The standard InChI is InChI=1S/C11H15ClN2O/c12-9-1-4-13-10(7-9)8-14-5-2-11(15)3-6-14/h1,4,7,11,15H,2-3,5-6,8H2. The molecule has 0 saturated carbocycles. The molecule has 15 heavy (non-hydrogen) atoms. The Balaban J connectivity index is 1.92. The number of aliphatic hydroxyl groups excluding tert-OH is 1. The smallest absolute Gasteiger partial charge is 0.0564 e. The van der Waals surface area contributed by atoms with Crippen molar-refractivity contribution in [3.63, 3.8) is 0 Å². The summed E-state index contributed by atoms with van der Waals surface area (Å²) in [6.07, 6.45) is 3.34. The summed E-state index contributed by atoms with van der Waals surface area (Å²) in [7, 11) is 0. The lowest BCUT2D eigenvalue weighted by molar-refractivity contribution is 0.0787. The zero-order valence-electron chi connectivity index (χ0n) is 8.56. The van der Waals surface area contributed by atoms with Crippen molar-refractivity contribution in [3.8, 4) is 0 Å². The predicted octanol–water partition coefficient (Wildman–Crippen LogP) is 1.69. The van der Waals surface area contributed by atoms with E-state index in [4.69, 9.17) is 11.6 Å². The van der Waals surface area contributed by atoms with E-state index >= 15 is 0 Å². The molecule has 82 valence electrons. The van der Waals surface area contributed by atoms with Crippen LogP contribution in [-0.2, 0) is 6.54 Å². The lowest BCUT2D eigenvalue weighted by atomic mass is 10.1. The Hall–Kier alpha value is -0.640. The van der Waals surface area contributed by atoms with Crippen molar-refractivity contribution in [1.82, 2.24) is 9.88 Å². The second kappa shape index (κ2) is 4.92. The lowest BCUT2D eigenvalue weighted by Gasteiger charge is -2.29. The van der Waals surface area contributed by atoms with Crippen molar-refractivity contribution >= 4 is 11.6 Å². The van der Waals surface area contributed by atoms with Crippen LogP contribution in [0.3, 0.4) is 0 Å². The van der Waals surface area contributed by atoms with E-state index in [1.165, 1.54) is 0 Å². The Labute approximate surface area is 94.7 Å². The van der Waals surface area contributed by atoms with E-state index in [0.29, 0.717) is 0 Å². The Morgan fingerprint density at radius 1 is 1.47 bits per heavy atom. The molecule has 1 aliphatic rings. The number of hydrogen-bond donors (Lipinski definition) is 1. The summed E-state index contributed by atoms with van der Waals surface area (Å²) in [5.41, 5.74) is 0.999. The number of likely N-dealkylation sites (tertiary alicyclic amines) is 1. The molecule has 1 fully saturated rings.